The predicted molar refractivity (Wildman–Crippen MR) is 200 cm³/mol. The van der Waals surface area contributed by atoms with Crippen LogP contribution in [0.1, 0.15) is 95.2 Å². The van der Waals surface area contributed by atoms with E-state index in [2.05, 4.69) is 46.4 Å². The molecule has 0 amide bonds. The Labute approximate surface area is 312 Å². The summed E-state index contributed by atoms with van der Waals surface area (Å²) in [6, 6.07) is 33.2. The number of rotatable bonds is 4. The summed E-state index contributed by atoms with van der Waals surface area (Å²) in [5, 5.41) is 18.7. The molecular weight excluding hydrogens is 697 g/mol. The van der Waals surface area contributed by atoms with Gasteiger partial charge in [-0.2, -0.15) is 0 Å². The Morgan fingerprint density at radius 2 is 1.05 bits per heavy atom. The van der Waals surface area contributed by atoms with Crippen molar-refractivity contribution in [1.82, 2.24) is 9.97 Å². The van der Waals surface area contributed by atoms with E-state index in [1.165, 1.54) is 12.8 Å². The first kappa shape index (κ1) is 31.6. The standard InChI is InChI=1S/C23H15NO4.C22H13NO4/c1-11-13(23(25)26)7-8-16-19(11)22-17-9-12(5-6-15(17)21(16)28-22)14-3-2-4-18-20(14)24-10-27-18;24-22(25)12-5-7-15-17(9-12)21-14-6-4-11(8-16(14)20(15)27-21)13-2-1-3-18-19(13)23-10-26-18/h2-10,21-22H,1H3,(H,25,26);1-10,20-21H,(H,24,25). The summed E-state index contributed by atoms with van der Waals surface area (Å²) in [5.74, 6) is -1.83. The summed E-state index contributed by atoms with van der Waals surface area (Å²) in [6.45, 7) is 1.87. The van der Waals surface area contributed by atoms with Crippen molar-refractivity contribution in [2.24, 2.45) is 0 Å². The number of carbonyl (C=O) groups is 2. The number of hydrogen-bond acceptors (Lipinski definition) is 8. The predicted octanol–water partition coefficient (Wildman–Crippen LogP) is 9.74. The van der Waals surface area contributed by atoms with Gasteiger partial charge in [0.25, 0.3) is 0 Å². The molecule has 6 heterocycles. The fourth-order valence-electron chi connectivity index (χ4n) is 8.90. The molecule has 0 radical (unpaired) electrons. The van der Waals surface area contributed by atoms with Crippen LogP contribution in [0.15, 0.2) is 125 Å². The molecule has 0 fully saturated rings. The Bertz CT molecular complexity index is 2960. The minimum absolute atomic E-state index is 0.131. The first-order valence-corrected chi connectivity index (χ1v) is 17.8. The maximum atomic E-state index is 11.6. The van der Waals surface area contributed by atoms with Crippen LogP contribution in [-0.2, 0) is 9.47 Å². The van der Waals surface area contributed by atoms with Gasteiger partial charge in [0.2, 0.25) is 0 Å². The van der Waals surface area contributed by atoms with E-state index in [1.807, 2.05) is 55.5 Å². The molecular formula is C45H28N2O8. The zero-order valence-electron chi connectivity index (χ0n) is 29.0. The molecule has 12 rings (SSSR count). The Hall–Kier alpha value is -6.88. The summed E-state index contributed by atoms with van der Waals surface area (Å²) < 4.78 is 23.3. The van der Waals surface area contributed by atoms with Gasteiger partial charge in [-0.05, 0) is 111 Å². The zero-order chi connectivity index (χ0) is 37.1. The highest BCUT2D eigenvalue weighted by atomic mass is 16.5. The normalized spacial score (nSPS) is 19.1. The number of hydrogen-bond donors (Lipinski definition) is 2. The van der Waals surface area contributed by atoms with Crippen LogP contribution in [-0.4, -0.2) is 32.1 Å². The maximum absolute atomic E-state index is 11.6. The van der Waals surface area contributed by atoms with Crippen molar-refractivity contribution in [3.63, 3.8) is 0 Å². The van der Waals surface area contributed by atoms with Gasteiger partial charge in [0.1, 0.15) is 35.4 Å². The van der Waals surface area contributed by atoms with E-state index in [0.29, 0.717) is 11.1 Å². The number of oxazole rings is 2. The smallest absolute Gasteiger partial charge is 0.335 e. The van der Waals surface area contributed by atoms with Crippen molar-refractivity contribution < 1.29 is 38.1 Å². The lowest BCUT2D eigenvalue weighted by Crippen LogP contribution is -2.09. The SMILES string of the molecule is Cc1c(C(=O)O)ccc2c1C1OC2c2ccc(-c3cccc4ocnc34)cc21.O=C(O)c1ccc2c(c1)C1OC2c2cc(-c3cccc4ocnc34)ccc21. The molecule has 4 aliphatic heterocycles. The fourth-order valence-corrected chi connectivity index (χ4v) is 8.90. The van der Waals surface area contributed by atoms with E-state index in [-0.39, 0.29) is 24.4 Å². The molecule has 4 atom stereocenters. The van der Waals surface area contributed by atoms with E-state index in [0.717, 1.165) is 94.5 Å². The van der Waals surface area contributed by atoms with Crippen LogP contribution in [0.4, 0.5) is 0 Å². The van der Waals surface area contributed by atoms with Crippen molar-refractivity contribution in [3.05, 3.63) is 177 Å². The molecule has 266 valence electrons. The van der Waals surface area contributed by atoms with Gasteiger partial charge in [0.05, 0.1) is 11.1 Å². The van der Waals surface area contributed by atoms with Gasteiger partial charge in [-0.15, -0.1) is 0 Å². The van der Waals surface area contributed by atoms with Crippen LogP contribution < -0.4 is 0 Å². The minimum atomic E-state index is -0.920. The lowest BCUT2D eigenvalue weighted by molar-refractivity contribution is 0.0685. The second-order valence-electron chi connectivity index (χ2n) is 14.2. The Kier molecular flexibility index (Phi) is 6.65. The molecule has 10 nitrogen and oxygen atoms in total. The van der Waals surface area contributed by atoms with Crippen LogP contribution in [0.5, 0.6) is 0 Å². The van der Waals surface area contributed by atoms with Gasteiger partial charge in [-0.1, -0.05) is 60.7 Å². The third-order valence-corrected chi connectivity index (χ3v) is 11.4. The molecule has 2 N–H and O–H groups in total. The van der Waals surface area contributed by atoms with Crippen LogP contribution >= 0.6 is 0 Å². The summed E-state index contributed by atoms with van der Waals surface area (Å²) in [7, 11) is 0. The highest BCUT2D eigenvalue weighted by molar-refractivity contribution is 5.93. The average Bonchev–Trinajstić information content (AvgIpc) is 4.07. The largest absolute Gasteiger partial charge is 0.478 e. The molecule has 0 aliphatic carbocycles. The first-order valence-electron chi connectivity index (χ1n) is 17.8. The van der Waals surface area contributed by atoms with Crippen molar-refractivity contribution >= 4 is 34.1 Å². The Morgan fingerprint density at radius 1 is 0.545 bits per heavy atom. The molecule has 10 heteroatoms. The summed E-state index contributed by atoms with van der Waals surface area (Å²) in [4.78, 5) is 31.5. The van der Waals surface area contributed by atoms with E-state index >= 15 is 0 Å². The van der Waals surface area contributed by atoms with Gasteiger partial charge in [-0.25, -0.2) is 19.6 Å². The molecule has 2 aromatic heterocycles. The van der Waals surface area contributed by atoms with Crippen LogP contribution in [0.25, 0.3) is 44.5 Å². The van der Waals surface area contributed by atoms with Gasteiger partial charge < -0.3 is 28.5 Å². The molecule has 0 saturated heterocycles. The third kappa shape index (κ3) is 4.56. The quantitative estimate of drug-likeness (QED) is 0.180. The van der Waals surface area contributed by atoms with Crippen molar-refractivity contribution in [1.29, 1.82) is 0 Å². The highest BCUT2D eigenvalue weighted by Gasteiger charge is 2.45. The number of carboxylic acids is 2. The van der Waals surface area contributed by atoms with Crippen molar-refractivity contribution in [2.75, 3.05) is 0 Å². The zero-order valence-corrected chi connectivity index (χ0v) is 29.0. The first-order chi connectivity index (χ1) is 26.8. The highest BCUT2D eigenvalue weighted by Crippen LogP contribution is 2.57. The van der Waals surface area contributed by atoms with Crippen molar-refractivity contribution in [2.45, 2.75) is 31.3 Å². The topological polar surface area (TPSA) is 145 Å². The van der Waals surface area contributed by atoms with Crippen LogP contribution in [0, 0.1) is 6.92 Å². The average molecular weight is 725 g/mol. The second-order valence-corrected chi connectivity index (χ2v) is 14.2. The van der Waals surface area contributed by atoms with Crippen molar-refractivity contribution in [3.8, 4) is 22.3 Å². The van der Waals surface area contributed by atoms with Gasteiger partial charge in [-0.3, -0.25) is 0 Å². The van der Waals surface area contributed by atoms with E-state index in [1.54, 1.807) is 18.2 Å². The van der Waals surface area contributed by atoms with Gasteiger partial charge in [0, 0.05) is 11.1 Å². The fraction of sp³-hybridized carbons (Fsp3) is 0.111. The molecule has 4 unspecified atom stereocenters. The third-order valence-electron chi connectivity index (χ3n) is 11.4. The molecule has 8 aromatic rings. The number of para-hydroxylation sites is 2. The Morgan fingerprint density at radius 3 is 1.64 bits per heavy atom. The second kappa shape index (κ2) is 11.6. The maximum Gasteiger partial charge on any atom is 0.335 e. The molecule has 4 bridgehead atoms. The van der Waals surface area contributed by atoms with E-state index in [9.17, 15) is 19.8 Å². The summed E-state index contributed by atoms with van der Waals surface area (Å²) in [5.41, 5.74) is 17.3. The molecule has 6 aromatic carbocycles. The van der Waals surface area contributed by atoms with E-state index in [4.69, 9.17) is 18.3 Å². The molecule has 0 saturated carbocycles. The lowest BCUT2D eigenvalue weighted by Gasteiger charge is -2.19. The molecule has 0 spiro atoms. The number of nitrogens with zero attached hydrogens (tertiary/aromatic N) is 2. The number of carboxylic acid groups (broad SMARTS) is 2. The Balaban J connectivity index is 0.000000128. The number of ether oxygens (including phenoxy) is 2. The van der Waals surface area contributed by atoms with Gasteiger partial charge >= 0.3 is 11.9 Å². The number of aromatic nitrogens is 2. The monoisotopic (exact) mass is 724 g/mol. The number of benzene rings is 6. The summed E-state index contributed by atoms with van der Waals surface area (Å²) in [6.07, 6.45) is 2.21. The summed E-state index contributed by atoms with van der Waals surface area (Å²) >= 11 is 0. The molecule has 4 aliphatic rings. The molecule has 55 heavy (non-hydrogen) atoms. The van der Waals surface area contributed by atoms with Crippen LogP contribution in [0.2, 0.25) is 0 Å². The number of aromatic carboxylic acids is 2. The lowest BCUT2D eigenvalue weighted by atomic mass is 9.81. The van der Waals surface area contributed by atoms with Gasteiger partial charge in [0.15, 0.2) is 24.0 Å². The number of fused-ring (bicyclic) bond motifs is 18. The van der Waals surface area contributed by atoms with E-state index < -0.39 is 11.9 Å². The van der Waals surface area contributed by atoms with Crippen LogP contribution in [0.3, 0.4) is 0 Å². The minimum Gasteiger partial charge on any atom is -0.478 e.